The number of hydrogen-bond acceptors (Lipinski definition) is 3. The van der Waals surface area contributed by atoms with Gasteiger partial charge in [0.15, 0.2) is 0 Å². The predicted molar refractivity (Wildman–Crippen MR) is 79.3 cm³/mol. The zero-order chi connectivity index (χ0) is 17.9. The number of aryl methyl sites for hydroxylation is 1. The SMILES string of the molecule is Cc1cc(/C=N/NC(=O)c2cccc(F)c2)c(O)c(C(F)(F)F)c1. The first-order chi connectivity index (χ1) is 11.2. The second-order valence-corrected chi connectivity index (χ2v) is 4.96. The summed E-state index contributed by atoms with van der Waals surface area (Å²) in [6.45, 7) is 1.43. The van der Waals surface area contributed by atoms with Crippen LogP contribution in [0.5, 0.6) is 5.75 Å². The van der Waals surface area contributed by atoms with E-state index in [4.69, 9.17) is 0 Å². The van der Waals surface area contributed by atoms with Crippen molar-refractivity contribution >= 4 is 12.1 Å². The maximum absolute atomic E-state index is 13.0. The first-order valence-corrected chi connectivity index (χ1v) is 6.68. The molecule has 2 rings (SSSR count). The van der Waals surface area contributed by atoms with Gasteiger partial charge in [-0.3, -0.25) is 4.79 Å². The highest BCUT2D eigenvalue weighted by atomic mass is 19.4. The number of carbonyl (C=O) groups is 1. The Kier molecular flexibility index (Phi) is 4.87. The molecule has 0 fully saturated rings. The van der Waals surface area contributed by atoms with Crippen molar-refractivity contribution < 1.29 is 27.5 Å². The number of carbonyl (C=O) groups excluding carboxylic acids is 1. The van der Waals surface area contributed by atoms with Crippen molar-refractivity contribution in [2.75, 3.05) is 0 Å². The van der Waals surface area contributed by atoms with Gasteiger partial charge < -0.3 is 5.11 Å². The molecule has 0 aliphatic rings. The molecule has 1 amide bonds. The summed E-state index contributed by atoms with van der Waals surface area (Å²) in [6, 6.07) is 6.90. The molecular formula is C16H12F4N2O2. The molecule has 0 atom stereocenters. The molecule has 0 aliphatic heterocycles. The van der Waals surface area contributed by atoms with Crippen molar-refractivity contribution in [2.24, 2.45) is 5.10 Å². The summed E-state index contributed by atoms with van der Waals surface area (Å²) in [4.78, 5) is 11.7. The lowest BCUT2D eigenvalue weighted by atomic mass is 10.0. The van der Waals surface area contributed by atoms with Crippen LogP contribution >= 0.6 is 0 Å². The van der Waals surface area contributed by atoms with E-state index in [0.717, 1.165) is 24.4 Å². The lowest BCUT2D eigenvalue weighted by molar-refractivity contribution is -0.138. The van der Waals surface area contributed by atoms with Crippen LogP contribution in [0.15, 0.2) is 41.5 Å². The Hall–Kier alpha value is -2.90. The molecule has 2 aromatic carbocycles. The third-order valence-corrected chi connectivity index (χ3v) is 3.05. The Bertz CT molecular complexity index is 801. The Balaban J connectivity index is 2.21. The van der Waals surface area contributed by atoms with Gasteiger partial charge in [-0.05, 0) is 42.8 Å². The molecule has 0 spiro atoms. The van der Waals surface area contributed by atoms with Gasteiger partial charge in [-0.25, -0.2) is 9.82 Å². The van der Waals surface area contributed by atoms with E-state index in [0.29, 0.717) is 0 Å². The van der Waals surface area contributed by atoms with Crippen molar-refractivity contribution in [1.29, 1.82) is 0 Å². The molecule has 24 heavy (non-hydrogen) atoms. The Labute approximate surface area is 134 Å². The average Bonchev–Trinajstić information content (AvgIpc) is 2.49. The van der Waals surface area contributed by atoms with Gasteiger partial charge in [0.1, 0.15) is 11.6 Å². The molecule has 4 nitrogen and oxygen atoms in total. The van der Waals surface area contributed by atoms with Crippen LogP contribution in [0.25, 0.3) is 0 Å². The van der Waals surface area contributed by atoms with Crippen LogP contribution in [0.3, 0.4) is 0 Å². The summed E-state index contributed by atoms with van der Waals surface area (Å²) in [7, 11) is 0. The molecule has 0 bridgehead atoms. The van der Waals surface area contributed by atoms with E-state index in [9.17, 15) is 27.5 Å². The zero-order valence-electron chi connectivity index (χ0n) is 12.4. The molecule has 2 aromatic rings. The van der Waals surface area contributed by atoms with Crippen LogP contribution < -0.4 is 5.43 Å². The highest BCUT2D eigenvalue weighted by Crippen LogP contribution is 2.37. The topological polar surface area (TPSA) is 61.7 Å². The van der Waals surface area contributed by atoms with Crippen LogP contribution in [0.1, 0.15) is 27.0 Å². The number of phenolic OH excluding ortho intramolecular Hbond substituents is 1. The van der Waals surface area contributed by atoms with Crippen molar-refractivity contribution in [3.8, 4) is 5.75 Å². The number of phenols is 1. The Morgan fingerprint density at radius 1 is 1.25 bits per heavy atom. The molecule has 0 aromatic heterocycles. The number of halogens is 4. The van der Waals surface area contributed by atoms with E-state index in [-0.39, 0.29) is 16.7 Å². The fraction of sp³-hybridized carbons (Fsp3) is 0.125. The van der Waals surface area contributed by atoms with Gasteiger partial charge in [0.2, 0.25) is 0 Å². The van der Waals surface area contributed by atoms with Crippen molar-refractivity contribution in [3.05, 3.63) is 64.5 Å². The number of nitrogens with zero attached hydrogens (tertiary/aromatic N) is 1. The number of benzene rings is 2. The Morgan fingerprint density at radius 3 is 2.58 bits per heavy atom. The van der Waals surface area contributed by atoms with Gasteiger partial charge in [-0.1, -0.05) is 6.07 Å². The van der Waals surface area contributed by atoms with E-state index < -0.39 is 29.2 Å². The van der Waals surface area contributed by atoms with E-state index in [1.165, 1.54) is 25.1 Å². The van der Waals surface area contributed by atoms with Crippen LogP contribution in [0.2, 0.25) is 0 Å². The second-order valence-electron chi connectivity index (χ2n) is 4.96. The normalized spacial score (nSPS) is 11.7. The van der Waals surface area contributed by atoms with Gasteiger partial charge in [-0.15, -0.1) is 0 Å². The largest absolute Gasteiger partial charge is 0.507 e. The van der Waals surface area contributed by atoms with Crippen molar-refractivity contribution in [3.63, 3.8) is 0 Å². The van der Waals surface area contributed by atoms with E-state index >= 15 is 0 Å². The first kappa shape index (κ1) is 17.5. The molecule has 8 heteroatoms. The van der Waals surface area contributed by atoms with E-state index in [1.807, 2.05) is 0 Å². The van der Waals surface area contributed by atoms with Crippen LogP contribution in [0, 0.1) is 12.7 Å². The monoisotopic (exact) mass is 340 g/mol. The van der Waals surface area contributed by atoms with Gasteiger partial charge in [0.05, 0.1) is 11.8 Å². The average molecular weight is 340 g/mol. The number of nitrogens with one attached hydrogen (secondary N) is 1. The number of hydrazone groups is 1. The van der Waals surface area contributed by atoms with Crippen LogP contribution in [-0.4, -0.2) is 17.2 Å². The number of amides is 1. The van der Waals surface area contributed by atoms with Crippen LogP contribution in [-0.2, 0) is 6.18 Å². The first-order valence-electron chi connectivity index (χ1n) is 6.68. The number of hydrogen-bond donors (Lipinski definition) is 2. The minimum Gasteiger partial charge on any atom is -0.507 e. The Morgan fingerprint density at radius 2 is 1.96 bits per heavy atom. The summed E-state index contributed by atoms with van der Waals surface area (Å²) < 4.78 is 51.4. The highest BCUT2D eigenvalue weighted by Gasteiger charge is 2.34. The zero-order valence-corrected chi connectivity index (χ0v) is 12.4. The van der Waals surface area contributed by atoms with Gasteiger partial charge in [0, 0.05) is 11.1 Å². The molecule has 0 unspecified atom stereocenters. The summed E-state index contributed by atoms with van der Waals surface area (Å²) in [5, 5.41) is 13.2. The quantitative estimate of drug-likeness (QED) is 0.509. The van der Waals surface area contributed by atoms with Gasteiger partial charge in [-0.2, -0.15) is 18.3 Å². The third kappa shape index (κ3) is 4.09. The second kappa shape index (κ2) is 6.69. The number of alkyl halides is 3. The van der Waals surface area contributed by atoms with E-state index in [1.54, 1.807) is 0 Å². The maximum atomic E-state index is 13.0. The molecule has 0 radical (unpaired) electrons. The van der Waals surface area contributed by atoms with E-state index in [2.05, 4.69) is 10.5 Å². The predicted octanol–water partition coefficient (Wildman–Crippen LogP) is 3.62. The fourth-order valence-electron chi connectivity index (χ4n) is 1.98. The summed E-state index contributed by atoms with van der Waals surface area (Å²) in [5.74, 6) is -2.34. The molecule has 2 N–H and O–H groups in total. The third-order valence-electron chi connectivity index (χ3n) is 3.05. The van der Waals surface area contributed by atoms with Gasteiger partial charge >= 0.3 is 6.18 Å². The molecule has 0 saturated carbocycles. The fourth-order valence-corrected chi connectivity index (χ4v) is 1.98. The minimum absolute atomic E-state index is 0.00315. The lowest BCUT2D eigenvalue weighted by Gasteiger charge is -2.11. The summed E-state index contributed by atoms with van der Waals surface area (Å²) in [5.41, 5.74) is 0.909. The molecule has 0 aliphatic carbocycles. The highest BCUT2D eigenvalue weighted by molar-refractivity contribution is 5.95. The molecule has 0 saturated heterocycles. The smallest absolute Gasteiger partial charge is 0.419 e. The maximum Gasteiger partial charge on any atom is 0.419 e. The minimum atomic E-state index is -4.72. The van der Waals surface area contributed by atoms with Crippen LogP contribution in [0.4, 0.5) is 17.6 Å². The number of rotatable bonds is 3. The summed E-state index contributed by atoms with van der Waals surface area (Å²) in [6.07, 6.45) is -3.84. The standard InChI is InChI=1S/C16H12F4N2O2/c1-9-5-11(14(23)13(6-9)16(18,19)20)8-21-22-15(24)10-3-2-4-12(17)7-10/h2-8,23H,1H3,(H,22,24)/b21-8+. The molecule has 0 heterocycles. The van der Waals surface area contributed by atoms with Gasteiger partial charge in [0.25, 0.3) is 5.91 Å². The number of aromatic hydroxyl groups is 1. The lowest BCUT2D eigenvalue weighted by Crippen LogP contribution is -2.17. The van der Waals surface area contributed by atoms with Crippen molar-refractivity contribution in [2.45, 2.75) is 13.1 Å². The van der Waals surface area contributed by atoms with Crippen molar-refractivity contribution in [1.82, 2.24) is 5.43 Å². The molecular weight excluding hydrogens is 328 g/mol. The summed E-state index contributed by atoms with van der Waals surface area (Å²) >= 11 is 0. The molecule has 126 valence electrons.